The van der Waals surface area contributed by atoms with Crippen LogP contribution in [0.1, 0.15) is 97.3 Å². The van der Waals surface area contributed by atoms with Gasteiger partial charge in [-0.2, -0.15) is 0 Å². The van der Waals surface area contributed by atoms with Gasteiger partial charge in [-0.1, -0.05) is 70.4 Å². The summed E-state index contributed by atoms with van der Waals surface area (Å²) < 4.78 is 0. The normalized spacial score (nSPS) is 31.1. The molecule has 2 aliphatic rings. The SMILES string of the molecule is CCCCCC1CCC(C2CC=C(CCC)CC2)CC1. The van der Waals surface area contributed by atoms with E-state index in [0.29, 0.717) is 0 Å². The molecule has 0 heteroatoms. The zero-order valence-electron chi connectivity index (χ0n) is 14.0. The Bertz CT molecular complexity index is 280. The molecule has 0 aromatic rings. The van der Waals surface area contributed by atoms with Gasteiger partial charge in [0.25, 0.3) is 0 Å². The Kier molecular flexibility index (Phi) is 7.17. The third kappa shape index (κ3) is 4.93. The number of hydrogen-bond donors (Lipinski definition) is 0. The van der Waals surface area contributed by atoms with Crippen molar-refractivity contribution in [3.05, 3.63) is 11.6 Å². The van der Waals surface area contributed by atoms with Crippen molar-refractivity contribution in [3.8, 4) is 0 Å². The van der Waals surface area contributed by atoms with Crippen LogP contribution in [0.2, 0.25) is 0 Å². The maximum atomic E-state index is 2.60. The lowest BCUT2D eigenvalue weighted by Gasteiger charge is -2.35. The molecule has 0 nitrogen and oxygen atoms in total. The third-order valence-corrected chi connectivity index (χ3v) is 5.89. The molecule has 0 aromatic carbocycles. The first-order valence-corrected chi connectivity index (χ1v) is 9.51. The van der Waals surface area contributed by atoms with Crippen molar-refractivity contribution in [2.75, 3.05) is 0 Å². The number of rotatable bonds is 7. The molecule has 0 N–H and O–H groups in total. The molecule has 1 fully saturated rings. The summed E-state index contributed by atoms with van der Waals surface area (Å²) in [5.74, 6) is 3.18. The van der Waals surface area contributed by atoms with E-state index in [1.54, 1.807) is 18.4 Å². The van der Waals surface area contributed by atoms with Crippen LogP contribution in [0, 0.1) is 17.8 Å². The van der Waals surface area contributed by atoms with Crippen LogP contribution in [0.15, 0.2) is 11.6 Å². The lowest BCUT2D eigenvalue weighted by atomic mass is 9.70. The molecule has 0 spiro atoms. The molecule has 2 aliphatic carbocycles. The van der Waals surface area contributed by atoms with E-state index >= 15 is 0 Å². The second-order valence-corrected chi connectivity index (χ2v) is 7.42. The van der Waals surface area contributed by atoms with Gasteiger partial charge >= 0.3 is 0 Å². The molecular weight excluding hydrogens is 240 g/mol. The first-order chi connectivity index (χ1) is 9.83. The van der Waals surface area contributed by atoms with Crippen LogP contribution >= 0.6 is 0 Å². The van der Waals surface area contributed by atoms with Crippen molar-refractivity contribution in [1.29, 1.82) is 0 Å². The fourth-order valence-electron chi connectivity index (χ4n) is 4.52. The van der Waals surface area contributed by atoms with Crippen molar-refractivity contribution in [2.45, 2.75) is 97.3 Å². The lowest BCUT2D eigenvalue weighted by Crippen LogP contribution is -2.23. The zero-order chi connectivity index (χ0) is 14.2. The van der Waals surface area contributed by atoms with Gasteiger partial charge in [-0.25, -0.2) is 0 Å². The second-order valence-electron chi connectivity index (χ2n) is 7.42. The molecule has 116 valence electrons. The Labute approximate surface area is 127 Å². The van der Waals surface area contributed by atoms with Crippen LogP contribution in [0.4, 0.5) is 0 Å². The molecule has 1 saturated carbocycles. The molecule has 2 rings (SSSR count). The van der Waals surface area contributed by atoms with Gasteiger partial charge in [0.15, 0.2) is 0 Å². The summed E-state index contributed by atoms with van der Waals surface area (Å²) in [5, 5.41) is 0. The minimum atomic E-state index is 1.03. The van der Waals surface area contributed by atoms with Gasteiger partial charge in [0, 0.05) is 0 Å². The van der Waals surface area contributed by atoms with Crippen LogP contribution in [0.5, 0.6) is 0 Å². The zero-order valence-corrected chi connectivity index (χ0v) is 14.0. The van der Waals surface area contributed by atoms with Crippen molar-refractivity contribution in [3.63, 3.8) is 0 Å². The standard InChI is InChI=1S/C20H36/c1-3-5-6-8-18-11-15-20(16-12-18)19-13-9-17(7-4-2)10-14-19/h9,18-20H,3-8,10-16H2,1-2H3. The molecular formula is C20H36. The first-order valence-electron chi connectivity index (χ1n) is 9.51. The molecule has 0 bridgehead atoms. The second kappa shape index (κ2) is 8.90. The highest BCUT2D eigenvalue weighted by Crippen LogP contribution is 2.41. The molecule has 1 unspecified atom stereocenters. The van der Waals surface area contributed by atoms with E-state index in [9.17, 15) is 0 Å². The van der Waals surface area contributed by atoms with Crippen LogP contribution in [-0.4, -0.2) is 0 Å². The van der Waals surface area contributed by atoms with Gasteiger partial charge in [0.1, 0.15) is 0 Å². The van der Waals surface area contributed by atoms with Crippen LogP contribution in [0.25, 0.3) is 0 Å². The van der Waals surface area contributed by atoms with Crippen molar-refractivity contribution in [1.82, 2.24) is 0 Å². The fourth-order valence-corrected chi connectivity index (χ4v) is 4.52. The maximum absolute atomic E-state index is 2.60. The summed E-state index contributed by atoms with van der Waals surface area (Å²) in [7, 11) is 0. The highest BCUT2D eigenvalue weighted by molar-refractivity contribution is 5.07. The molecule has 0 heterocycles. The maximum Gasteiger partial charge on any atom is -0.0317 e. The molecule has 0 saturated heterocycles. The van der Waals surface area contributed by atoms with E-state index in [-0.39, 0.29) is 0 Å². The van der Waals surface area contributed by atoms with Gasteiger partial charge in [0.2, 0.25) is 0 Å². The Hall–Kier alpha value is -0.260. The summed E-state index contributed by atoms with van der Waals surface area (Å²) in [6, 6.07) is 0. The van der Waals surface area contributed by atoms with Gasteiger partial charge in [-0.15, -0.1) is 0 Å². The monoisotopic (exact) mass is 276 g/mol. The molecule has 1 atom stereocenters. The lowest BCUT2D eigenvalue weighted by molar-refractivity contribution is 0.185. The predicted molar refractivity (Wildman–Crippen MR) is 89.9 cm³/mol. The van der Waals surface area contributed by atoms with Gasteiger partial charge in [-0.3, -0.25) is 0 Å². The first kappa shape index (κ1) is 16.1. The van der Waals surface area contributed by atoms with E-state index in [2.05, 4.69) is 19.9 Å². The smallest absolute Gasteiger partial charge is 0.0317 e. The van der Waals surface area contributed by atoms with Crippen LogP contribution < -0.4 is 0 Å². The number of unbranched alkanes of at least 4 members (excludes halogenated alkanes) is 2. The third-order valence-electron chi connectivity index (χ3n) is 5.89. The van der Waals surface area contributed by atoms with E-state index < -0.39 is 0 Å². The van der Waals surface area contributed by atoms with Crippen molar-refractivity contribution < 1.29 is 0 Å². The summed E-state index contributed by atoms with van der Waals surface area (Å²) in [4.78, 5) is 0. The topological polar surface area (TPSA) is 0 Å². The Morgan fingerprint density at radius 1 is 0.900 bits per heavy atom. The van der Waals surface area contributed by atoms with Gasteiger partial charge in [-0.05, 0) is 56.3 Å². The molecule has 0 amide bonds. The van der Waals surface area contributed by atoms with Gasteiger partial charge in [0.05, 0.1) is 0 Å². The van der Waals surface area contributed by atoms with E-state index in [4.69, 9.17) is 0 Å². The van der Waals surface area contributed by atoms with E-state index in [1.807, 2.05) is 0 Å². The highest BCUT2D eigenvalue weighted by Gasteiger charge is 2.28. The summed E-state index contributed by atoms with van der Waals surface area (Å²) in [6.07, 6.45) is 21.6. The predicted octanol–water partition coefficient (Wildman–Crippen LogP) is 6.90. The Morgan fingerprint density at radius 2 is 1.70 bits per heavy atom. The Morgan fingerprint density at radius 3 is 2.30 bits per heavy atom. The van der Waals surface area contributed by atoms with Crippen molar-refractivity contribution >= 4 is 0 Å². The highest BCUT2D eigenvalue weighted by atomic mass is 14.3. The van der Waals surface area contributed by atoms with Crippen LogP contribution in [-0.2, 0) is 0 Å². The minimum Gasteiger partial charge on any atom is -0.0850 e. The Balaban J connectivity index is 1.67. The molecule has 0 aromatic heterocycles. The fraction of sp³-hybridized carbons (Fsp3) is 0.900. The number of allylic oxidation sites excluding steroid dienone is 2. The molecule has 0 aliphatic heterocycles. The van der Waals surface area contributed by atoms with Crippen molar-refractivity contribution in [2.24, 2.45) is 17.8 Å². The average molecular weight is 277 g/mol. The largest absolute Gasteiger partial charge is 0.0850 e. The summed E-state index contributed by atoms with van der Waals surface area (Å²) in [5.41, 5.74) is 1.76. The summed E-state index contributed by atoms with van der Waals surface area (Å²) in [6.45, 7) is 4.63. The van der Waals surface area contributed by atoms with Gasteiger partial charge < -0.3 is 0 Å². The average Bonchev–Trinajstić information content (AvgIpc) is 2.49. The van der Waals surface area contributed by atoms with Crippen LogP contribution in [0.3, 0.4) is 0 Å². The van der Waals surface area contributed by atoms with E-state index in [1.165, 1.54) is 70.6 Å². The number of hydrogen-bond acceptors (Lipinski definition) is 0. The van der Waals surface area contributed by atoms with E-state index in [0.717, 1.165) is 17.8 Å². The quantitative estimate of drug-likeness (QED) is 0.350. The minimum absolute atomic E-state index is 1.03. The summed E-state index contributed by atoms with van der Waals surface area (Å²) >= 11 is 0. The molecule has 20 heavy (non-hydrogen) atoms. The molecule has 0 radical (unpaired) electrons.